The molecule has 0 bridgehead atoms. The Labute approximate surface area is 156 Å². The molecule has 0 radical (unpaired) electrons. The Morgan fingerprint density at radius 2 is 1.58 bits per heavy atom. The van der Waals surface area contributed by atoms with Gasteiger partial charge in [-0.05, 0) is 61.4 Å². The molecule has 2 aromatic carbocycles. The Bertz CT molecular complexity index is 704. The molecule has 1 aliphatic rings. The molecule has 138 valence electrons. The summed E-state index contributed by atoms with van der Waals surface area (Å²) in [5, 5.41) is 6.25. The van der Waals surface area contributed by atoms with Crippen LogP contribution in [0.25, 0.3) is 0 Å². The summed E-state index contributed by atoms with van der Waals surface area (Å²) in [5.74, 6) is 0.0174. The number of carbonyl (C=O) groups is 1. The van der Waals surface area contributed by atoms with Crippen molar-refractivity contribution in [2.24, 2.45) is 0 Å². The van der Waals surface area contributed by atoms with Crippen LogP contribution < -0.4 is 20.4 Å². The maximum atomic E-state index is 12.1. The van der Waals surface area contributed by atoms with Crippen LogP contribution in [0.5, 0.6) is 0 Å². The molecule has 2 aromatic rings. The summed E-state index contributed by atoms with van der Waals surface area (Å²) >= 11 is 0. The number of anilines is 4. The van der Waals surface area contributed by atoms with Gasteiger partial charge in [0.2, 0.25) is 5.91 Å². The van der Waals surface area contributed by atoms with Crippen LogP contribution in [0.3, 0.4) is 0 Å². The van der Waals surface area contributed by atoms with Crippen LogP contribution in [-0.2, 0) is 4.79 Å². The van der Waals surface area contributed by atoms with Crippen molar-refractivity contribution >= 4 is 28.7 Å². The Hall–Kier alpha value is -2.69. The standard InChI is InChI=1S/C21H28N4O/c1-24(2)19-9-7-18(8-10-19)23-21(26)13-14-22-17-5-11-20(12-6-17)25-15-3-4-16-25/h5-12,22H,3-4,13-16H2,1-2H3,(H,23,26). The Morgan fingerprint density at radius 1 is 0.962 bits per heavy atom. The second-order valence-electron chi connectivity index (χ2n) is 6.91. The predicted molar refractivity (Wildman–Crippen MR) is 110 cm³/mol. The number of benzene rings is 2. The van der Waals surface area contributed by atoms with Crippen LogP contribution >= 0.6 is 0 Å². The molecule has 26 heavy (non-hydrogen) atoms. The summed E-state index contributed by atoms with van der Waals surface area (Å²) in [4.78, 5) is 16.5. The van der Waals surface area contributed by atoms with Gasteiger partial charge in [0.15, 0.2) is 0 Å². The van der Waals surface area contributed by atoms with Gasteiger partial charge < -0.3 is 20.4 Å². The Kier molecular flexibility index (Phi) is 6.00. The average molecular weight is 352 g/mol. The van der Waals surface area contributed by atoms with E-state index < -0.39 is 0 Å². The van der Waals surface area contributed by atoms with Crippen molar-refractivity contribution in [3.63, 3.8) is 0 Å². The molecule has 1 aliphatic heterocycles. The second-order valence-corrected chi connectivity index (χ2v) is 6.91. The lowest BCUT2D eigenvalue weighted by molar-refractivity contribution is -0.115. The first-order valence-electron chi connectivity index (χ1n) is 9.28. The van der Waals surface area contributed by atoms with E-state index in [0.717, 1.165) is 30.2 Å². The van der Waals surface area contributed by atoms with Gasteiger partial charge in [-0.15, -0.1) is 0 Å². The molecule has 0 aromatic heterocycles. The number of nitrogens with zero attached hydrogens (tertiary/aromatic N) is 2. The Morgan fingerprint density at radius 3 is 2.19 bits per heavy atom. The molecule has 2 N–H and O–H groups in total. The van der Waals surface area contributed by atoms with E-state index in [1.54, 1.807) is 0 Å². The van der Waals surface area contributed by atoms with Crippen molar-refractivity contribution in [1.29, 1.82) is 0 Å². The highest BCUT2D eigenvalue weighted by Gasteiger charge is 2.11. The van der Waals surface area contributed by atoms with Gasteiger partial charge in [-0.2, -0.15) is 0 Å². The van der Waals surface area contributed by atoms with E-state index in [4.69, 9.17) is 0 Å². The van der Waals surface area contributed by atoms with Gasteiger partial charge in [0.25, 0.3) is 0 Å². The molecule has 0 spiro atoms. The molecule has 1 saturated heterocycles. The van der Waals surface area contributed by atoms with Crippen molar-refractivity contribution in [1.82, 2.24) is 0 Å². The topological polar surface area (TPSA) is 47.6 Å². The molecular formula is C21H28N4O. The molecule has 0 atom stereocenters. The predicted octanol–water partition coefficient (Wildman–Crippen LogP) is 3.79. The molecule has 1 heterocycles. The maximum Gasteiger partial charge on any atom is 0.226 e. The molecule has 0 unspecified atom stereocenters. The SMILES string of the molecule is CN(C)c1ccc(NC(=O)CCNc2ccc(N3CCCC3)cc2)cc1. The van der Waals surface area contributed by atoms with Crippen LogP contribution in [0.2, 0.25) is 0 Å². The highest BCUT2D eigenvalue weighted by Crippen LogP contribution is 2.22. The summed E-state index contributed by atoms with van der Waals surface area (Å²) in [6.07, 6.45) is 3.00. The summed E-state index contributed by atoms with van der Waals surface area (Å²) < 4.78 is 0. The monoisotopic (exact) mass is 352 g/mol. The zero-order valence-electron chi connectivity index (χ0n) is 15.7. The largest absolute Gasteiger partial charge is 0.385 e. The Balaban J connectivity index is 1.41. The lowest BCUT2D eigenvalue weighted by atomic mass is 10.2. The molecule has 5 nitrogen and oxygen atoms in total. The minimum Gasteiger partial charge on any atom is -0.385 e. The van der Waals surface area contributed by atoms with E-state index in [1.807, 2.05) is 43.3 Å². The van der Waals surface area contributed by atoms with Gasteiger partial charge in [-0.25, -0.2) is 0 Å². The second kappa shape index (κ2) is 8.61. The van der Waals surface area contributed by atoms with Gasteiger partial charge in [0, 0.05) is 62.9 Å². The van der Waals surface area contributed by atoms with Crippen LogP contribution in [0.4, 0.5) is 22.7 Å². The smallest absolute Gasteiger partial charge is 0.226 e. The molecular weight excluding hydrogens is 324 g/mol. The number of nitrogens with one attached hydrogen (secondary N) is 2. The molecule has 3 rings (SSSR count). The summed E-state index contributed by atoms with van der Waals surface area (Å²) in [7, 11) is 3.99. The van der Waals surface area contributed by atoms with Crippen molar-refractivity contribution in [3.8, 4) is 0 Å². The van der Waals surface area contributed by atoms with Crippen LogP contribution in [0.1, 0.15) is 19.3 Å². The van der Waals surface area contributed by atoms with Crippen LogP contribution in [-0.4, -0.2) is 39.6 Å². The fourth-order valence-corrected chi connectivity index (χ4v) is 3.15. The van der Waals surface area contributed by atoms with E-state index in [-0.39, 0.29) is 5.91 Å². The first kappa shape index (κ1) is 18.1. The molecule has 1 fully saturated rings. The van der Waals surface area contributed by atoms with Crippen molar-refractivity contribution in [2.45, 2.75) is 19.3 Å². The summed E-state index contributed by atoms with van der Waals surface area (Å²) in [6.45, 7) is 2.93. The molecule has 0 aliphatic carbocycles. The fraction of sp³-hybridized carbons (Fsp3) is 0.381. The quantitative estimate of drug-likeness (QED) is 0.796. The average Bonchev–Trinajstić information content (AvgIpc) is 3.17. The maximum absolute atomic E-state index is 12.1. The van der Waals surface area contributed by atoms with Crippen molar-refractivity contribution < 1.29 is 4.79 Å². The third-order valence-corrected chi connectivity index (χ3v) is 4.69. The third-order valence-electron chi connectivity index (χ3n) is 4.69. The minimum absolute atomic E-state index is 0.0174. The third kappa shape index (κ3) is 4.91. The zero-order chi connectivity index (χ0) is 18.4. The van der Waals surface area contributed by atoms with E-state index in [0.29, 0.717) is 13.0 Å². The van der Waals surface area contributed by atoms with E-state index >= 15 is 0 Å². The molecule has 0 saturated carbocycles. The van der Waals surface area contributed by atoms with Gasteiger partial charge in [-0.3, -0.25) is 4.79 Å². The highest BCUT2D eigenvalue weighted by atomic mass is 16.1. The number of amides is 1. The normalized spacial score (nSPS) is 13.5. The lowest BCUT2D eigenvalue weighted by Crippen LogP contribution is -2.18. The first-order valence-corrected chi connectivity index (χ1v) is 9.28. The van der Waals surface area contributed by atoms with E-state index in [9.17, 15) is 4.79 Å². The van der Waals surface area contributed by atoms with Gasteiger partial charge in [0.1, 0.15) is 0 Å². The van der Waals surface area contributed by atoms with Crippen molar-refractivity contribution in [3.05, 3.63) is 48.5 Å². The molecule has 1 amide bonds. The fourth-order valence-electron chi connectivity index (χ4n) is 3.15. The minimum atomic E-state index is 0.0174. The van der Waals surface area contributed by atoms with E-state index in [1.165, 1.54) is 18.5 Å². The number of rotatable bonds is 7. The van der Waals surface area contributed by atoms with Gasteiger partial charge in [-0.1, -0.05) is 0 Å². The summed E-state index contributed by atoms with van der Waals surface area (Å²) in [5.41, 5.74) is 4.28. The van der Waals surface area contributed by atoms with E-state index in [2.05, 4.69) is 39.8 Å². The van der Waals surface area contributed by atoms with Gasteiger partial charge >= 0.3 is 0 Å². The molecule has 5 heteroatoms. The number of carbonyl (C=O) groups excluding carboxylic acids is 1. The highest BCUT2D eigenvalue weighted by molar-refractivity contribution is 5.91. The van der Waals surface area contributed by atoms with Crippen molar-refractivity contribution in [2.75, 3.05) is 54.2 Å². The zero-order valence-corrected chi connectivity index (χ0v) is 15.7. The van der Waals surface area contributed by atoms with Gasteiger partial charge in [0.05, 0.1) is 0 Å². The number of hydrogen-bond donors (Lipinski definition) is 2. The first-order chi connectivity index (χ1) is 12.6. The number of hydrogen-bond acceptors (Lipinski definition) is 4. The van der Waals surface area contributed by atoms with Crippen LogP contribution in [0.15, 0.2) is 48.5 Å². The summed E-state index contributed by atoms with van der Waals surface area (Å²) in [6, 6.07) is 16.3. The van der Waals surface area contributed by atoms with Crippen LogP contribution in [0, 0.1) is 0 Å². The lowest BCUT2D eigenvalue weighted by Gasteiger charge is -2.18.